The summed E-state index contributed by atoms with van der Waals surface area (Å²) in [5.74, 6) is -0.973. The number of nitrogens with one attached hydrogen (secondary N) is 4. The molecule has 0 fully saturated rings. The van der Waals surface area contributed by atoms with Crippen LogP contribution in [0.5, 0.6) is 0 Å². The van der Waals surface area contributed by atoms with Crippen LogP contribution in [0.2, 0.25) is 0 Å². The molecule has 0 bridgehead atoms. The van der Waals surface area contributed by atoms with Gasteiger partial charge in [0.25, 0.3) is 0 Å². The van der Waals surface area contributed by atoms with Crippen molar-refractivity contribution in [3.8, 4) is 0 Å². The molecule has 136 valence electrons. The molecule has 0 saturated heterocycles. The average Bonchev–Trinajstić information content (AvgIpc) is 2.51. The molecule has 0 radical (unpaired) electrons. The van der Waals surface area contributed by atoms with Crippen LogP contribution in [0.15, 0.2) is 12.2 Å². The van der Waals surface area contributed by atoms with Gasteiger partial charge >= 0.3 is 0 Å². The third-order valence-corrected chi connectivity index (χ3v) is 3.15. The van der Waals surface area contributed by atoms with Crippen LogP contribution in [0, 0.1) is 0 Å². The molecule has 3 amide bonds. The molecule has 0 aromatic heterocycles. The van der Waals surface area contributed by atoms with Gasteiger partial charge in [0.05, 0.1) is 19.1 Å². The van der Waals surface area contributed by atoms with Crippen molar-refractivity contribution < 1.29 is 19.2 Å². The van der Waals surface area contributed by atoms with E-state index in [4.69, 9.17) is 0 Å². The zero-order valence-corrected chi connectivity index (χ0v) is 14.6. The minimum absolute atomic E-state index is 0.127. The monoisotopic (exact) mass is 340 g/mol. The number of unbranched alkanes of at least 4 members (excludes halogenated alkanes) is 1. The van der Waals surface area contributed by atoms with Crippen molar-refractivity contribution in [2.45, 2.75) is 39.2 Å². The minimum Gasteiger partial charge on any atom is -0.353 e. The van der Waals surface area contributed by atoms with E-state index < -0.39 is 11.9 Å². The Morgan fingerprint density at radius 1 is 1.00 bits per heavy atom. The van der Waals surface area contributed by atoms with Crippen molar-refractivity contribution in [2.75, 3.05) is 26.7 Å². The van der Waals surface area contributed by atoms with Gasteiger partial charge in [-0.2, -0.15) is 0 Å². The Morgan fingerprint density at radius 2 is 1.71 bits per heavy atom. The largest absolute Gasteiger partial charge is 0.353 e. The van der Waals surface area contributed by atoms with Crippen molar-refractivity contribution in [1.82, 2.24) is 21.3 Å². The fraction of sp³-hybridized carbons (Fsp3) is 0.625. The summed E-state index contributed by atoms with van der Waals surface area (Å²) in [5.41, 5.74) is 0. The van der Waals surface area contributed by atoms with E-state index in [1.54, 1.807) is 20.0 Å². The van der Waals surface area contributed by atoms with Gasteiger partial charge in [-0.3, -0.25) is 19.2 Å². The quantitative estimate of drug-likeness (QED) is 0.276. The lowest BCUT2D eigenvalue weighted by Gasteiger charge is -2.16. The molecule has 0 aliphatic rings. The first-order chi connectivity index (χ1) is 11.4. The van der Waals surface area contributed by atoms with Gasteiger partial charge in [-0.15, -0.1) is 0 Å². The first-order valence-corrected chi connectivity index (χ1v) is 8.02. The third kappa shape index (κ3) is 11.4. The highest BCUT2D eigenvalue weighted by Gasteiger charge is 2.16. The zero-order chi connectivity index (χ0) is 18.4. The van der Waals surface area contributed by atoms with Gasteiger partial charge in [0.1, 0.15) is 0 Å². The van der Waals surface area contributed by atoms with Gasteiger partial charge in [0.2, 0.25) is 17.7 Å². The Labute approximate surface area is 142 Å². The molecule has 0 aliphatic carbocycles. The summed E-state index contributed by atoms with van der Waals surface area (Å²) in [6.07, 6.45) is 4.99. The Morgan fingerprint density at radius 3 is 2.29 bits per heavy atom. The molecule has 0 saturated carbocycles. The first kappa shape index (κ1) is 21.8. The molecule has 8 heteroatoms. The van der Waals surface area contributed by atoms with E-state index >= 15 is 0 Å². The molecule has 0 heterocycles. The van der Waals surface area contributed by atoms with Gasteiger partial charge in [-0.25, -0.2) is 0 Å². The topological polar surface area (TPSA) is 116 Å². The number of carbonyl (C=O) groups excluding carboxylic acids is 4. The number of Topliss-reactive ketones (excluding diaryl/α,β-unsaturated/α-hetero) is 1. The zero-order valence-electron chi connectivity index (χ0n) is 14.6. The molecule has 24 heavy (non-hydrogen) atoms. The van der Waals surface area contributed by atoms with Crippen LogP contribution < -0.4 is 21.3 Å². The number of amides is 3. The Kier molecular flexibility index (Phi) is 12.0. The maximum absolute atomic E-state index is 11.8. The van der Waals surface area contributed by atoms with E-state index in [1.165, 1.54) is 13.0 Å². The maximum Gasteiger partial charge on any atom is 0.243 e. The Balaban J connectivity index is 4.04. The summed E-state index contributed by atoms with van der Waals surface area (Å²) in [6, 6.07) is -0.579. The smallest absolute Gasteiger partial charge is 0.243 e. The number of ketones is 1. The number of carbonyl (C=O) groups is 4. The lowest BCUT2D eigenvalue weighted by atomic mass is 10.1. The van der Waals surface area contributed by atoms with Crippen LogP contribution >= 0.6 is 0 Å². The van der Waals surface area contributed by atoms with Gasteiger partial charge in [0, 0.05) is 6.54 Å². The summed E-state index contributed by atoms with van der Waals surface area (Å²) in [6.45, 7) is 3.66. The molecular weight excluding hydrogens is 312 g/mol. The predicted octanol–water partition coefficient (Wildman–Crippen LogP) is -0.742. The fourth-order valence-electron chi connectivity index (χ4n) is 1.92. The molecule has 0 aromatic rings. The van der Waals surface area contributed by atoms with Crippen LogP contribution in [0.4, 0.5) is 0 Å². The lowest BCUT2D eigenvalue weighted by molar-refractivity contribution is -0.128. The van der Waals surface area contributed by atoms with Crippen LogP contribution in [0.1, 0.15) is 33.1 Å². The average molecular weight is 340 g/mol. The number of rotatable bonds is 12. The van der Waals surface area contributed by atoms with Gasteiger partial charge < -0.3 is 21.3 Å². The Bertz CT molecular complexity index is 463. The van der Waals surface area contributed by atoms with E-state index in [9.17, 15) is 19.2 Å². The van der Waals surface area contributed by atoms with Crippen LogP contribution in [-0.2, 0) is 19.2 Å². The second kappa shape index (κ2) is 13.2. The number of allylic oxidation sites excluding steroid dienone is 1. The standard InChI is InChI=1S/C16H28N4O4/c1-4-7-14(22)18-9-6-5-8-13(12(2)21)20-16(24)11-19-15(23)10-17-3/h4,7,13,17H,5-6,8-11H2,1-3H3,(H,18,22)(H,19,23)(H,20,24)/b7-4+/t13-/m0/s1. The van der Waals surface area contributed by atoms with Crippen LogP contribution in [0.3, 0.4) is 0 Å². The fourth-order valence-corrected chi connectivity index (χ4v) is 1.92. The third-order valence-electron chi connectivity index (χ3n) is 3.15. The second-order valence-electron chi connectivity index (χ2n) is 5.32. The summed E-state index contributed by atoms with van der Waals surface area (Å²) in [5, 5.41) is 10.5. The van der Waals surface area contributed by atoms with E-state index in [0.717, 1.165) is 0 Å². The molecule has 0 unspecified atom stereocenters. The summed E-state index contributed by atoms with van der Waals surface area (Å²) in [4.78, 5) is 45.8. The minimum atomic E-state index is -0.579. The molecule has 8 nitrogen and oxygen atoms in total. The predicted molar refractivity (Wildman–Crippen MR) is 91.2 cm³/mol. The van der Waals surface area contributed by atoms with Gasteiger partial charge in [-0.1, -0.05) is 6.08 Å². The summed E-state index contributed by atoms with van der Waals surface area (Å²) < 4.78 is 0. The van der Waals surface area contributed by atoms with Crippen molar-refractivity contribution >= 4 is 23.5 Å². The van der Waals surface area contributed by atoms with Crippen molar-refractivity contribution in [3.63, 3.8) is 0 Å². The van der Waals surface area contributed by atoms with Crippen LogP contribution in [-0.4, -0.2) is 56.2 Å². The van der Waals surface area contributed by atoms with Crippen molar-refractivity contribution in [3.05, 3.63) is 12.2 Å². The molecule has 4 N–H and O–H groups in total. The highest BCUT2D eigenvalue weighted by atomic mass is 16.2. The van der Waals surface area contributed by atoms with E-state index in [-0.39, 0.29) is 30.7 Å². The molecule has 0 spiro atoms. The molecule has 0 aromatic carbocycles. The molecule has 0 rings (SSSR count). The van der Waals surface area contributed by atoms with E-state index in [0.29, 0.717) is 25.8 Å². The maximum atomic E-state index is 11.8. The van der Waals surface area contributed by atoms with Crippen molar-refractivity contribution in [1.29, 1.82) is 0 Å². The highest BCUT2D eigenvalue weighted by Crippen LogP contribution is 2.02. The second-order valence-corrected chi connectivity index (χ2v) is 5.32. The molecular formula is C16H28N4O4. The Hall–Kier alpha value is -2.22. The summed E-state index contributed by atoms with van der Waals surface area (Å²) in [7, 11) is 1.63. The number of likely N-dealkylation sites (N-methyl/N-ethyl adjacent to an activating group) is 1. The summed E-state index contributed by atoms with van der Waals surface area (Å²) >= 11 is 0. The molecule has 0 aliphatic heterocycles. The van der Waals surface area contributed by atoms with Crippen LogP contribution in [0.25, 0.3) is 0 Å². The number of hydrogen-bond donors (Lipinski definition) is 4. The van der Waals surface area contributed by atoms with E-state index in [1.807, 2.05) is 0 Å². The number of hydrogen-bond acceptors (Lipinski definition) is 5. The van der Waals surface area contributed by atoms with Gasteiger partial charge in [0.15, 0.2) is 5.78 Å². The molecule has 1 atom stereocenters. The first-order valence-electron chi connectivity index (χ1n) is 8.02. The van der Waals surface area contributed by atoms with Gasteiger partial charge in [-0.05, 0) is 46.2 Å². The highest BCUT2D eigenvalue weighted by molar-refractivity contribution is 5.90. The SMILES string of the molecule is C/C=C/C(=O)NCCCC[C@H](NC(=O)CNC(=O)CNC)C(C)=O. The van der Waals surface area contributed by atoms with E-state index in [2.05, 4.69) is 21.3 Å². The normalized spacial score (nSPS) is 11.8. The van der Waals surface area contributed by atoms with Crippen molar-refractivity contribution in [2.24, 2.45) is 0 Å². The lowest BCUT2D eigenvalue weighted by Crippen LogP contribution is -2.46.